The Hall–Kier alpha value is -13.2. The van der Waals surface area contributed by atoms with Crippen molar-refractivity contribution in [3.05, 3.63) is 172 Å². The number of benzene rings is 7. The van der Waals surface area contributed by atoms with E-state index in [1.54, 1.807) is 67.6 Å². The van der Waals surface area contributed by atoms with Crippen LogP contribution in [0.1, 0.15) is 24.1 Å². The van der Waals surface area contributed by atoms with Crippen LogP contribution in [0, 0.1) is 6.92 Å². The van der Waals surface area contributed by atoms with Gasteiger partial charge in [-0.3, -0.25) is 24.2 Å². The molecule has 0 unspecified atom stereocenters. The molecule has 30 nitrogen and oxygen atoms in total. The van der Waals surface area contributed by atoms with Gasteiger partial charge >= 0.3 is 17.6 Å². The molecule has 0 saturated heterocycles. The molecule has 3 heterocycles. The number of hydrogen-bond donors (Lipinski definition) is 2. The molecule has 2 aliphatic heterocycles. The van der Waals surface area contributed by atoms with E-state index in [2.05, 4.69) is 4.99 Å². The van der Waals surface area contributed by atoms with Gasteiger partial charge in [-0.1, -0.05) is 49.9 Å². The molecule has 3 aliphatic rings. The van der Waals surface area contributed by atoms with Crippen molar-refractivity contribution in [1.29, 1.82) is 0 Å². The minimum absolute atomic E-state index is 0. The molecular weight excluding hydrogens is 1350 g/mol. The highest BCUT2D eigenvalue weighted by Crippen LogP contribution is 2.44. The number of hydrogen-bond acceptors (Lipinski definition) is 27. The second-order valence-electron chi connectivity index (χ2n) is 23.5. The lowest BCUT2D eigenvalue weighted by molar-refractivity contribution is -0.307. The van der Waals surface area contributed by atoms with Gasteiger partial charge in [0.2, 0.25) is 5.36 Å². The number of fused-ring (bicyclic) bond motifs is 4. The fraction of sp³-hybridized carbons (Fsp3) is 0.257. The molecule has 0 saturated carbocycles. The SMILES string of the molecule is C.Cc1ccc(N(CC(=O)[O-])CC(=O)[O-])c(OCCOc2cc(-c3c4ccc(=[N+](C)C)cc-4oc4cc(N(C)C)ccc34)ccc2N(CC(=O)[O-])CC(=O)[O-])c1.O=COCN(COC=O)c1ccccc1OCCOc1cc2cc(C3=Nc4ccccc4C3)c(=O)oc2cc1N(CC(=O)O)CC(=O)O. The number of aryl methyl sites for hydroxylation is 1. The summed E-state index contributed by atoms with van der Waals surface area (Å²) < 4.78 is 47.8. The Morgan fingerprint density at radius 3 is 1.65 bits per heavy atom. The van der Waals surface area contributed by atoms with E-state index >= 15 is 0 Å². The van der Waals surface area contributed by atoms with Crippen molar-refractivity contribution >= 4 is 111 Å². The summed E-state index contributed by atoms with van der Waals surface area (Å²) in [6.07, 6.45) is 0.428. The van der Waals surface area contributed by atoms with Gasteiger partial charge in [-0.15, -0.1) is 0 Å². The third-order valence-electron chi connectivity index (χ3n) is 15.8. The first-order valence-corrected chi connectivity index (χ1v) is 31.5. The van der Waals surface area contributed by atoms with E-state index in [0.29, 0.717) is 45.9 Å². The molecule has 6 aromatic carbocycles. The number of rotatable bonds is 35. The smallest absolute Gasteiger partial charge is 0.345 e. The van der Waals surface area contributed by atoms with Crippen LogP contribution in [0.25, 0.3) is 44.4 Å². The van der Waals surface area contributed by atoms with Crippen molar-refractivity contribution in [1.82, 2.24) is 4.58 Å². The quantitative estimate of drug-likeness (QED) is 0.0144. The van der Waals surface area contributed by atoms with Crippen molar-refractivity contribution in [3.8, 4) is 45.4 Å². The number of carbonyl (C=O) groups is 8. The monoisotopic (exact) mass is 1430 g/mol. The standard InChI is InChI=1S/C40H42N4O11.C33H29N3O12.CH4/c1-24-6-12-30(43(20-36(45)46)21-37(47)48)34(16-24)53-14-15-54-35-17-25(7-13-31(35)44(22-38(49)50)23-39(51)52)40-28-10-8-26(41(2)3)18-32(28)55-33-19-27(42(4)5)9-11-29(33)40;37-19-44-17-36(18-45-20-38)26-7-3-4-8-28(26)46-9-10-47-30-13-22-11-23(25-12-21-5-1-2-6-24(21)34-25)33(43)48-29(22)14-27(30)35(15-31(39)40)16-32(41)42;/h6-13,16-19H,14-15,20-23H2,1-5H3,(H3-,45,46,47,48,49,50,51,52);1-8,11,13-14,19-20H,9-10,12,15-18H2,(H,39,40)(H,41,42);1H4/p-3. The normalized spacial score (nSPS) is 11.1. The molecule has 2 N–H and O–H groups in total. The van der Waals surface area contributed by atoms with Gasteiger partial charge in [0, 0.05) is 66.3 Å². The van der Waals surface area contributed by atoms with Gasteiger partial charge in [0.05, 0.1) is 95.8 Å². The largest absolute Gasteiger partial charge is 0.548 e. The number of ether oxygens (including phenoxy) is 6. The number of carboxylic acid groups (broad SMARTS) is 6. The number of carboxylic acids is 6. The van der Waals surface area contributed by atoms with Crippen LogP contribution < -0.4 is 79.4 Å². The number of aliphatic carboxylic acids is 6. The lowest BCUT2D eigenvalue weighted by Crippen LogP contribution is -2.44. The van der Waals surface area contributed by atoms with Crippen LogP contribution >= 0.6 is 0 Å². The zero-order chi connectivity index (χ0) is 74.0. The molecule has 0 bridgehead atoms. The van der Waals surface area contributed by atoms with Gasteiger partial charge in [0.25, 0.3) is 12.9 Å². The van der Waals surface area contributed by atoms with Gasteiger partial charge in [-0.2, -0.15) is 0 Å². The molecule has 544 valence electrons. The van der Waals surface area contributed by atoms with Crippen LogP contribution in [0.5, 0.6) is 23.0 Å². The van der Waals surface area contributed by atoms with Crippen molar-refractivity contribution in [2.75, 3.05) is 132 Å². The summed E-state index contributed by atoms with van der Waals surface area (Å²) in [7, 11) is 7.67. The van der Waals surface area contributed by atoms with Crippen molar-refractivity contribution in [2.45, 2.75) is 20.8 Å². The Labute approximate surface area is 594 Å². The maximum absolute atomic E-state index is 13.1. The second kappa shape index (κ2) is 35.3. The highest BCUT2D eigenvalue weighted by molar-refractivity contribution is 6.08. The molecule has 0 amide bonds. The van der Waals surface area contributed by atoms with Gasteiger partial charge < -0.3 is 112 Å². The number of para-hydroxylation sites is 3. The summed E-state index contributed by atoms with van der Waals surface area (Å²) >= 11 is 0. The number of nitrogens with zero attached hydrogens (tertiary/aromatic N) is 7. The number of carbonyl (C=O) groups excluding carboxylic acids is 6. The lowest BCUT2D eigenvalue weighted by Gasteiger charge is -2.29. The summed E-state index contributed by atoms with van der Waals surface area (Å²) in [6, 6.07) is 40.0. The van der Waals surface area contributed by atoms with Crippen molar-refractivity contribution in [3.63, 3.8) is 0 Å². The third kappa shape index (κ3) is 19.6. The van der Waals surface area contributed by atoms with Crippen LogP contribution in [0.3, 0.4) is 0 Å². The molecule has 0 atom stereocenters. The van der Waals surface area contributed by atoms with Crippen LogP contribution in [0.2, 0.25) is 0 Å². The Morgan fingerprint density at radius 1 is 0.548 bits per heavy atom. The first-order valence-electron chi connectivity index (χ1n) is 31.5. The zero-order valence-corrected chi connectivity index (χ0v) is 56.2. The molecule has 104 heavy (non-hydrogen) atoms. The van der Waals surface area contributed by atoms with Crippen LogP contribution in [-0.2, 0) is 54.3 Å². The summed E-state index contributed by atoms with van der Waals surface area (Å²) in [5.74, 6) is -7.34. The average Bonchev–Trinajstić information content (AvgIpc) is 0.822. The number of aliphatic imine (C=N–C) groups is 1. The van der Waals surface area contributed by atoms with E-state index in [4.69, 9.17) is 37.3 Å². The molecular formula is C74H72N7O23-3. The minimum atomic E-state index is -1.53. The predicted octanol–water partition coefficient (Wildman–Crippen LogP) is 2.29. The van der Waals surface area contributed by atoms with Gasteiger partial charge in [-0.05, 0) is 96.4 Å². The van der Waals surface area contributed by atoms with Crippen molar-refractivity contribution in [2.24, 2.45) is 4.99 Å². The molecule has 7 aromatic rings. The van der Waals surface area contributed by atoms with Crippen LogP contribution in [0.15, 0.2) is 158 Å². The predicted molar refractivity (Wildman–Crippen MR) is 373 cm³/mol. The highest BCUT2D eigenvalue weighted by atomic mass is 16.6. The fourth-order valence-electron chi connectivity index (χ4n) is 11.3. The van der Waals surface area contributed by atoms with E-state index < -0.39 is 80.7 Å². The molecule has 10 rings (SSSR count). The minimum Gasteiger partial charge on any atom is -0.548 e. The molecule has 30 heteroatoms. The van der Waals surface area contributed by atoms with Crippen LogP contribution in [0.4, 0.5) is 34.1 Å². The molecule has 1 aromatic heterocycles. The Morgan fingerprint density at radius 2 is 1.09 bits per heavy atom. The second-order valence-corrected chi connectivity index (χ2v) is 23.5. The van der Waals surface area contributed by atoms with Gasteiger partial charge in [0.15, 0.2) is 13.5 Å². The maximum Gasteiger partial charge on any atom is 0.345 e. The van der Waals surface area contributed by atoms with Crippen molar-refractivity contribution < 1.29 is 106 Å². The first kappa shape index (κ1) is 76.6. The molecule has 0 spiro atoms. The average molecular weight is 1430 g/mol. The number of anilines is 5. The highest BCUT2D eigenvalue weighted by Gasteiger charge is 2.26. The maximum atomic E-state index is 13.1. The summed E-state index contributed by atoms with van der Waals surface area (Å²) in [4.78, 5) is 115. The molecule has 0 fully saturated rings. The van der Waals surface area contributed by atoms with Gasteiger partial charge in [0.1, 0.15) is 93.5 Å². The Kier molecular flexibility index (Phi) is 26.0. The topological polar surface area (TPSA) is 400 Å². The van der Waals surface area contributed by atoms with E-state index in [9.17, 15) is 73.8 Å². The first-order chi connectivity index (χ1) is 49.4. The zero-order valence-electron chi connectivity index (χ0n) is 56.2. The summed E-state index contributed by atoms with van der Waals surface area (Å²) in [5.41, 5.74) is 7.14. The van der Waals surface area contributed by atoms with E-state index in [0.717, 1.165) is 59.1 Å². The third-order valence-corrected chi connectivity index (χ3v) is 15.8. The van der Waals surface area contributed by atoms with E-state index in [-0.39, 0.29) is 106 Å². The molecule has 0 radical (unpaired) electrons. The Balaban J connectivity index is 0.000000263. The van der Waals surface area contributed by atoms with Gasteiger partial charge in [-0.25, -0.2) is 9.37 Å². The summed E-state index contributed by atoms with van der Waals surface area (Å²) in [6.45, 7) is -3.06. The molecule has 1 aliphatic carbocycles. The van der Waals surface area contributed by atoms with E-state index in [1.807, 2.05) is 98.3 Å². The van der Waals surface area contributed by atoms with E-state index in [1.165, 1.54) is 23.1 Å². The Bertz CT molecular complexity index is 4750. The fourth-order valence-corrected chi connectivity index (χ4v) is 11.3. The lowest BCUT2D eigenvalue weighted by atomic mass is 9.93. The van der Waals surface area contributed by atoms with Crippen LogP contribution in [-0.4, -0.2) is 172 Å². The summed E-state index contributed by atoms with van der Waals surface area (Å²) in [5, 5.41) is 67.5.